The molecule has 1 N–H and O–H groups in total. The van der Waals surface area contributed by atoms with Gasteiger partial charge in [-0.05, 0) is 115 Å². The molecule has 0 saturated heterocycles. The van der Waals surface area contributed by atoms with E-state index in [9.17, 15) is 18.0 Å². The smallest absolute Gasteiger partial charge is 0.226 e. The quantitative estimate of drug-likeness (QED) is 0.518. The Hall–Kier alpha value is -1.11. The molecule has 0 atom stereocenters. The lowest BCUT2D eigenvalue weighted by molar-refractivity contribution is -0.146. The number of hydrogen-bond acceptors (Lipinski definition) is 4. The first kappa shape index (κ1) is 24.6. The molecule has 0 radical (unpaired) electrons. The predicted molar refractivity (Wildman–Crippen MR) is 133 cm³/mol. The molecule has 0 aromatic carbocycles. The summed E-state index contributed by atoms with van der Waals surface area (Å²) in [6.45, 7) is 0. The van der Waals surface area contributed by atoms with Crippen LogP contribution in [0.1, 0.15) is 109 Å². The molecule has 0 heterocycles. The van der Waals surface area contributed by atoms with Gasteiger partial charge in [-0.3, -0.25) is 9.59 Å². The molecule has 5 rings (SSSR count). The van der Waals surface area contributed by atoms with Crippen LogP contribution >= 0.6 is 0 Å². The van der Waals surface area contributed by atoms with Crippen LogP contribution in [-0.2, 0) is 19.4 Å². The maximum atomic E-state index is 13.3. The second-order valence-corrected chi connectivity index (χ2v) is 14.5. The Morgan fingerprint density at radius 3 is 1.76 bits per heavy atom. The molecule has 192 valence electrons. The van der Waals surface area contributed by atoms with Crippen molar-refractivity contribution < 1.29 is 18.0 Å². The topological polar surface area (TPSA) is 83.5 Å². The maximum absolute atomic E-state index is 13.3. The molecule has 0 spiro atoms. The van der Waals surface area contributed by atoms with E-state index in [-0.39, 0.29) is 23.1 Å². The third kappa shape index (κ3) is 5.82. The minimum atomic E-state index is -2.95. The van der Waals surface area contributed by atoms with Gasteiger partial charge in [0.25, 0.3) is 0 Å². The maximum Gasteiger partial charge on any atom is 0.226 e. The van der Waals surface area contributed by atoms with Crippen LogP contribution in [0.2, 0.25) is 0 Å². The molecular formula is C27H44N2O4S. The first-order chi connectivity index (χ1) is 16.4. The molecule has 0 unspecified atom stereocenters. The summed E-state index contributed by atoms with van der Waals surface area (Å²) in [4.78, 5) is 28.3. The molecule has 0 aliphatic heterocycles. The number of nitrogens with zero attached hydrogens (tertiary/aromatic N) is 1. The summed E-state index contributed by atoms with van der Waals surface area (Å²) in [5.74, 6) is 1.76. The highest BCUT2D eigenvalue weighted by molar-refractivity contribution is 7.92. The van der Waals surface area contributed by atoms with E-state index in [1.807, 2.05) is 0 Å². The van der Waals surface area contributed by atoms with Crippen LogP contribution in [0.3, 0.4) is 0 Å². The fourth-order valence-electron chi connectivity index (χ4n) is 6.68. The number of carbonyl (C=O) groups is 2. The van der Waals surface area contributed by atoms with Crippen molar-refractivity contribution in [1.82, 2.24) is 10.2 Å². The van der Waals surface area contributed by atoms with E-state index in [0.717, 1.165) is 64.2 Å². The van der Waals surface area contributed by atoms with E-state index in [1.54, 1.807) is 0 Å². The largest absolute Gasteiger partial charge is 0.353 e. The summed E-state index contributed by atoms with van der Waals surface area (Å²) < 4.78 is 25.1. The van der Waals surface area contributed by atoms with Gasteiger partial charge in [0.05, 0.1) is 11.0 Å². The van der Waals surface area contributed by atoms with Gasteiger partial charge in [0.2, 0.25) is 11.8 Å². The summed E-state index contributed by atoms with van der Waals surface area (Å²) in [6.07, 6.45) is 16.6. The van der Waals surface area contributed by atoms with Crippen molar-refractivity contribution >= 4 is 21.7 Å². The van der Waals surface area contributed by atoms with Crippen molar-refractivity contribution in [3.05, 3.63) is 0 Å². The zero-order valence-electron chi connectivity index (χ0n) is 20.8. The van der Waals surface area contributed by atoms with Gasteiger partial charge < -0.3 is 10.2 Å². The minimum Gasteiger partial charge on any atom is -0.353 e. The van der Waals surface area contributed by atoms with Gasteiger partial charge in [-0.15, -0.1) is 0 Å². The van der Waals surface area contributed by atoms with E-state index in [1.165, 1.54) is 38.5 Å². The van der Waals surface area contributed by atoms with Crippen LogP contribution in [-0.4, -0.2) is 54.3 Å². The van der Waals surface area contributed by atoms with Gasteiger partial charge in [0.1, 0.15) is 0 Å². The van der Waals surface area contributed by atoms with Crippen LogP contribution in [0, 0.1) is 17.8 Å². The molecule has 5 fully saturated rings. The van der Waals surface area contributed by atoms with Crippen LogP contribution in [0.4, 0.5) is 0 Å². The van der Waals surface area contributed by atoms with E-state index >= 15 is 0 Å². The van der Waals surface area contributed by atoms with Gasteiger partial charge in [-0.2, -0.15) is 0 Å². The Morgan fingerprint density at radius 1 is 0.706 bits per heavy atom. The average Bonchev–Trinajstić information content (AvgIpc) is 3.54. The van der Waals surface area contributed by atoms with Crippen LogP contribution in [0.15, 0.2) is 0 Å². The van der Waals surface area contributed by atoms with E-state index in [2.05, 4.69) is 10.2 Å². The SMILES string of the molecule is O=C(CC1CCC(S(=O)(=O)CC2CC2)CC1)NC1CCC(C(=O)N(C2CCC2)C2CCC2)CC1. The standard InChI is InChI=1S/C27H44N2O4S/c30-26(17-19-9-15-25(16-10-19)34(32,33)18-20-7-8-20)28-22-13-11-21(12-14-22)27(31)29(23-3-1-4-23)24-5-2-6-24/h19-25H,1-18H2,(H,28,30). The van der Waals surface area contributed by atoms with Crippen molar-refractivity contribution in [2.24, 2.45) is 17.8 Å². The van der Waals surface area contributed by atoms with Gasteiger partial charge in [0.15, 0.2) is 9.84 Å². The first-order valence-electron chi connectivity index (χ1n) is 14.2. The number of amides is 2. The van der Waals surface area contributed by atoms with Gasteiger partial charge >= 0.3 is 0 Å². The zero-order valence-corrected chi connectivity index (χ0v) is 21.6. The number of rotatable bonds is 9. The van der Waals surface area contributed by atoms with E-state index in [4.69, 9.17) is 0 Å². The van der Waals surface area contributed by atoms with Gasteiger partial charge in [-0.25, -0.2) is 8.42 Å². The van der Waals surface area contributed by atoms with Crippen molar-refractivity contribution in [3.8, 4) is 0 Å². The molecular weight excluding hydrogens is 448 g/mol. The monoisotopic (exact) mass is 492 g/mol. The molecule has 2 amide bonds. The molecule has 34 heavy (non-hydrogen) atoms. The molecule has 0 aromatic rings. The lowest BCUT2D eigenvalue weighted by Gasteiger charge is -2.48. The Balaban J connectivity index is 1.02. The van der Waals surface area contributed by atoms with Crippen molar-refractivity contribution in [1.29, 1.82) is 0 Å². The van der Waals surface area contributed by atoms with E-state index in [0.29, 0.717) is 42.0 Å². The zero-order chi connectivity index (χ0) is 23.7. The molecule has 5 aliphatic carbocycles. The molecule has 7 heteroatoms. The van der Waals surface area contributed by atoms with E-state index < -0.39 is 9.84 Å². The molecule has 0 aromatic heterocycles. The fourth-order valence-corrected chi connectivity index (χ4v) is 8.93. The average molecular weight is 493 g/mol. The second kappa shape index (κ2) is 10.5. The Kier molecular flexibility index (Phi) is 7.57. The van der Waals surface area contributed by atoms with Crippen molar-refractivity contribution in [3.63, 3.8) is 0 Å². The number of carbonyl (C=O) groups excluding carboxylic acids is 2. The Labute approximate surface area is 205 Å². The predicted octanol–water partition coefficient (Wildman–Crippen LogP) is 4.37. The minimum absolute atomic E-state index is 0.115. The number of hydrogen-bond donors (Lipinski definition) is 1. The first-order valence-corrected chi connectivity index (χ1v) is 15.9. The Morgan fingerprint density at radius 2 is 1.26 bits per heavy atom. The molecule has 5 saturated carbocycles. The van der Waals surface area contributed by atoms with Gasteiger partial charge in [0, 0.05) is 30.5 Å². The normalized spacial score (nSPS) is 32.9. The summed E-state index contributed by atoms with van der Waals surface area (Å²) in [6, 6.07) is 1.18. The highest BCUT2D eigenvalue weighted by Crippen LogP contribution is 2.38. The summed E-state index contributed by atoms with van der Waals surface area (Å²) in [5.41, 5.74) is 0. The number of nitrogens with one attached hydrogen (secondary N) is 1. The molecule has 6 nitrogen and oxygen atoms in total. The summed E-state index contributed by atoms with van der Waals surface area (Å²) in [7, 11) is -2.95. The third-order valence-corrected chi connectivity index (χ3v) is 12.0. The summed E-state index contributed by atoms with van der Waals surface area (Å²) in [5, 5.41) is 3.06. The Bertz CT molecular complexity index is 817. The van der Waals surface area contributed by atoms with Crippen LogP contribution in [0.25, 0.3) is 0 Å². The fraction of sp³-hybridized carbons (Fsp3) is 0.926. The molecule has 0 bridgehead atoms. The van der Waals surface area contributed by atoms with Crippen molar-refractivity contribution in [2.45, 2.75) is 133 Å². The lowest BCUT2D eigenvalue weighted by Crippen LogP contribution is -2.55. The summed E-state index contributed by atoms with van der Waals surface area (Å²) >= 11 is 0. The van der Waals surface area contributed by atoms with Gasteiger partial charge in [-0.1, -0.05) is 0 Å². The third-order valence-electron chi connectivity index (χ3n) is 9.57. The van der Waals surface area contributed by atoms with Crippen molar-refractivity contribution in [2.75, 3.05) is 5.75 Å². The highest BCUT2D eigenvalue weighted by atomic mass is 32.2. The second-order valence-electron chi connectivity index (χ2n) is 12.2. The lowest BCUT2D eigenvalue weighted by atomic mass is 9.80. The van der Waals surface area contributed by atoms with Crippen LogP contribution < -0.4 is 5.32 Å². The number of sulfone groups is 1. The molecule has 5 aliphatic rings. The highest BCUT2D eigenvalue weighted by Gasteiger charge is 2.40. The van der Waals surface area contributed by atoms with Crippen LogP contribution in [0.5, 0.6) is 0 Å².